The van der Waals surface area contributed by atoms with E-state index in [0.29, 0.717) is 6.42 Å². The van der Waals surface area contributed by atoms with Crippen molar-refractivity contribution >= 4 is 11.9 Å². The van der Waals surface area contributed by atoms with Crippen molar-refractivity contribution in [2.45, 2.75) is 52.0 Å². The third kappa shape index (κ3) is 5.59. The number of nitrogens with one attached hydrogen (secondary N) is 1. The Morgan fingerprint density at radius 2 is 1.89 bits per heavy atom. The molecular weight excluding hydrogens is 244 g/mol. The maximum absolute atomic E-state index is 11.8. The Bertz CT molecular complexity index is 301. The predicted octanol–water partition coefficient (Wildman–Crippen LogP) is 1.48. The predicted molar refractivity (Wildman–Crippen MR) is 73.9 cm³/mol. The van der Waals surface area contributed by atoms with Gasteiger partial charge in [0.15, 0.2) is 0 Å². The summed E-state index contributed by atoms with van der Waals surface area (Å²) < 4.78 is 0. The van der Waals surface area contributed by atoms with E-state index < -0.39 is 12.0 Å². The first-order chi connectivity index (χ1) is 9.04. The van der Waals surface area contributed by atoms with E-state index in [9.17, 15) is 9.59 Å². The van der Waals surface area contributed by atoms with Gasteiger partial charge < -0.3 is 15.3 Å². The molecule has 2 N–H and O–H groups in total. The van der Waals surface area contributed by atoms with Crippen molar-refractivity contribution in [1.82, 2.24) is 10.2 Å². The fourth-order valence-corrected chi connectivity index (χ4v) is 2.37. The number of carbonyl (C=O) groups excluding carboxylic acids is 1. The number of rotatable bonds is 7. The number of amides is 1. The molecule has 1 heterocycles. The number of carbonyl (C=O) groups is 2. The van der Waals surface area contributed by atoms with Gasteiger partial charge in [-0.15, -0.1) is 0 Å². The zero-order valence-electron chi connectivity index (χ0n) is 12.0. The highest BCUT2D eigenvalue weighted by Crippen LogP contribution is 2.10. The third-order valence-corrected chi connectivity index (χ3v) is 3.90. The van der Waals surface area contributed by atoms with Crippen LogP contribution in [0.3, 0.4) is 0 Å². The molecule has 2 unspecified atom stereocenters. The van der Waals surface area contributed by atoms with Crippen LogP contribution < -0.4 is 5.32 Å². The van der Waals surface area contributed by atoms with Gasteiger partial charge in [-0.2, -0.15) is 0 Å². The molecule has 0 bridgehead atoms. The van der Waals surface area contributed by atoms with E-state index in [1.54, 1.807) is 0 Å². The van der Waals surface area contributed by atoms with Gasteiger partial charge in [-0.1, -0.05) is 26.7 Å². The number of hydrogen-bond acceptors (Lipinski definition) is 3. The van der Waals surface area contributed by atoms with Crippen molar-refractivity contribution in [3.8, 4) is 0 Å². The van der Waals surface area contributed by atoms with Crippen LogP contribution in [0.4, 0.5) is 0 Å². The summed E-state index contributed by atoms with van der Waals surface area (Å²) in [6, 6.07) is -0.765. The number of aliphatic carboxylic acids is 1. The zero-order chi connectivity index (χ0) is 14.3. The molecule has 1 aliphatic rings. The molecule has 0 radical (unpaired) electrons. The largest absolute Gasteiger partial charge is 0.480 e. The van der Waals surface area contributed by atoms with Crippen molar-refractivity contribution < 1.29 is 14.7 Å². The first-order valence-corrected chi connectivity index (χ1v) is 7.29. The highest BCUT2D eigenvalue weighted by molar-refractivity contribution is 5.83. The molecule has 5 nitrogen and oxygen atoms in total. The fraction of sp³-hybridized carbons (Fsp3) is 0.857. The van der Waals surface area contributed by atoms with Crippen molar-refractivity contribution in [3.05, 3.63) is 0 Å². The monoisotopic (exact) mass is 270 g/mol. The van der Waals surface area contributed by atoms with Gasteiger partial charge in [-0.05, 0) is 31.8 Å². The lowest BCUT2D eigenvalue weighted by Gasteiger charge is -2.26. The number of hydrogen-bond donors (Lipinski definition) is 2. The summed E-state index contributed by atoms with van der Waals surface area (Å²) in [4.78, 5) is 25.2. The Kier molecular flexibility index (Phi) is 6.84. The lowest BCUT2D eigenvalue weighted by Crippen LogP contribution is -2.46. The summed E-state index contributed by atoms with van der Waals surface area (Å²) >= 11 is 0. The first-order valence-electron chi connectivity index (χ1n) is 7.29. The molecule has 5 heteroatoms. The quantitative estimate of drug-likeness (QED) is 0.735. The second-order valence-corrected chi connectivity index (χ2v) is 5.42. The zero-order valence-corrected chi connectivity index (χ0v) is 12.0. The minimum Gasteiger partial charge on any atom is -0.480 e. The summed E-state index contributed by atoms with van der Waals surface area (Å²) in [6.45, 7) is 6.63. The van der Waals surface area contributed by atoms with Gasteiger partial charge in [0.2, 0.25) is 5.91 Å². The molecule has 1 fully saturated rings. The Morgan fingerprint density at radius 1 is 1.26 bits per heavy atom. The Morgan fingerprint density at radius 3 is 2.42 bits per heavy atom. The number of likely N-dealkylation sites (tertiary alicyclic amines) is 1. The van der Waals surface area contributed by atoms with Gasteiger partial charge in [0.25, 0.3) is 0 Å². The van der Waals surface area contributed by atoms with E-state index in [2.05, 4.69) is 10.2 Å². The van der Waals surface area contributed by atoms with Crippen LogP contribution in [0.1, 0.15) is 46.0 Å². The van der Waals surface area contributed by atoms with Crippen molar-refractivity contribution in [1.29, 1.82) is 0 Å². The second-order valence-electron chi connectivity index (χ2n) is 5.42. The number of carboxylic acid groups (broad SMARTS) is 1. The number of piperidine rings is 1. The van der Waals surface area contributed by atoms with Gasteiger partial charge in [-0.3, -0.25) is 4.79 Å². The minimum atomic E-state index is -0.944. The molecule has 0 aliphatic carbocycles. The van der Waals surface area contributed by atoms with Crippen molar-refractivity contribution in [3.63, 3.8) is 0 Å². The summed E-state index contributed by atoms with van der Waals surface area (Å²) in [6.07, 6.45) is 4.81. The maximum atomic E-state index is 11.8. The molecule has 0 aromatic rings. The molecule has 0 aromatic carbocycles. The average Bonchev–Trinajstić information content (AvgIpc) is 2.42. The first kappa shape index (κ1) is 16.0. The maximum Gasteiger partial charge on any atom is 0.326 e. The molecule has 2 atom stereocenters. The smallest absolute Gasteiger partial charge is 0.326 e. The number of nitrogens with zero attached hydrogens (tertiary/aromatic N) is 1. The molecular formula is C14H26N2O3. The van der Waals surface area contributed by atoms with Crippen molar-refractivity contribution in [2.24, 2.45) is 5.92 Å². The van der Waals surface area contributed by atoms with Gasteiger partial charge in [0.1, 0.15) is 6.04 Å². The van der Waals surface area contributed by atoms with Crippen molar-refractivity contribution in [2.75, 3.05) is 19.6 Å². The fourth-order valence-electron chi connectivity index (χ4n) is 2.37. The van der Waals surface area contributed by atoms with E-state index in [-0.39, 0.29) is 11.8 Å². The molecule has 1 rings (SSSR count). The minimum absolute atomic E-state index is 0.0450. The highest BCUT2D eigenvalue weighted by Gasteiger charge is 2.25. The highest BCUT2D eigenvalue weighted by atomic mass is 16.4. The summed E-state index contributed by atoms with van der Waals surface area (Å²) in [7, 11) is 0. The van der Waals surface area contributed by atoms with Gasteiger partial charge in [0, 0.05) is 13.0 Å². The Labute approximate surface area is 115 Å². The molecule has 1 aliphatic heterocycles. The van der Waals surface area contributed by atoms with Crippen LogP contribution in [-0.2, 0) is 9.59 Å². The van der Waals surface area contributed by atoms with Crippen LogP contribution in [0.5, 0.6) is 0 Å². The third-order valence-electron chi connectivity index (χ3n) is 3.90. The normalized spacial score (nSPS) is 19.7. The topological polar surface area (TPSA) is 69.6 Å². The van der Waals surface area contributed by atoms with Crippen LogP contribution in [0.15, 0.2) is 0 Å². The van der Waals surface area contributed by atoms with Gasteiger partial charge in [-0.25, -0.2) is 4.79 Å². The molecule has 0 spiro atoms. The molecule has 19 heavy (non-hydrogen) atoms. The molecule has 0 saturated carbocycles. The summed E-state index contributed by atoms with van der Waals surface area (Å²) in [5.74, 6) is -1.14. The van der Waals surface area contributed by atoms with E-state index in [0.717, 1.165) is 26.1 Å². The second kappa shape index (κ2) is 8.15. The lowest BCUT2D eigenvalue weighted by molar-refractivity contribution is -0.143. The molecule has 1 amide bonds. The number of carboxylic acids is 1. The van der Waals surface area contributed by atoms with Crippen LogP contribution in [0, 0.1) is 5.92 Å². The van der Waals surface area contributed by atoms with E-state index in [1.807, 2.05) is 13.8 Å². The molecule has 1 saturated heterocycles. The van der Waals surface area contributed by atoms with Crippen LogP contribution in [0.25, 0.3) is 0 Å². The van der Waals surface area contributed by atoms with Crippen LogP contribution in [0.2, 0.25) is 0 Å². The van der Waals surface area contributed by atoms with E-state index in [4.69, 9.17) is 5.11 Å². The SMILES string of the molecule is CCC(C)C(NC(=O)CCN1CCCCC1)C(=O)O. The van der Waals surface area contributed by atoms with E-state index in [1.165, 1.54) is 19.3 Å². The van der Waals surface area contributed by atoms with Crippen LogP contribution >= 0.6 is 0 Å². The van der Waals surface area contributed by atoms with Gasteiger partial charge in [0.05, 0.1) is 0 Å². The molecule has 110 valence electrons. The van der Waals surface area contributed by atoms with Crippen LogP contribution in [-0.4, -0.2) is 47.6 Å². The standard InChI is InChI=1S/C14H26N2O3/c1-3-11(2)13(14(18)19)15-12(17)7-10-16-8-5-4-6-9-16/h11,13H,3-10H2,1-2H3,(H,15,17)(H,18,19). The Hall–Kier alpha value is -1.10. The summed E-state index contributed by atoms with van der Waals surface area (Å²) in [5, 5.41) is 11.8. The van der Waals surface area contributed by atoms with Gasteiger partial charge >= 0.3 is 5.97 Å². The Balaban J connectivity index is 2.33. The lowest BCUT2D eigenvalue weighted by atomic mass is 9.99. The average molecular weight is 270 g/mol. The van der Waals surface area contributed by atoms with E-state index >= 15 is 0 Å². The molecule has 0 aromatic heterocycles. The summed E-state index contributed by atoms with van der Waals surface area (Å²) in [5.41, 5.74) is 0.